The van der Waals surface area contributed by atoms with Crippen LogP contribution in [0.2, 0.25) is 0 Å². The van der Waals surface area contributed by atoms with E-state index in [-0.39, 0.29) is 5.78 Å². The molecule has 0 aliphatic carbocycles. The molecule has 0 spiro atoms. The van der Waals surface area contributed by atoms with E-state index in [2.05, 4.69) is 51.1 Å². The summed E-state index contributed by atoms with van der Waals surface area (Å²) in [6.07, 6.45) is 5.79. The number of furan rings is 1. The molecule has 0 bridgehead atoms. The Kier molecular flexibility index (Phi) is 8.30. The van der Waals surface area contributed by atoms with Gasteiger partial charge in [0.25, 0.3) is 0 Å². The standard InChI is InChI=1S/C32H34O2S/c1-5-7-25(13-10-22(2)3)26-14-11-24(12-15-26)21-35-29-18-16-27(17-19-29)31(33)30-20-28-9-6-8-23(4)32(28)34-30/h6-9,11-12,14-20,22H,5,10,13,21H2,1-4H3. The summed E-state index contributed by atoms with van der Waals surface area (Å²) in [5, 5.41) is 0.962. The number of para-hydroxylation sites is 1. The van der Waals surface area contributed by atoms with Crippen molar-refractivity contribution in [2.45, 2.75) is 57.6 Å². The number of ketones is 1. The third kappa shape index (κ3) is 6.35. The van der Waals surface area contributed by atoms with Crippen molar-refractivity contribution in [2.75, 3.05) is 0 Å². The van der Waals surface area contributed by atoms with Gasteiger partial charge in [-0.15, -0.1) is 11.8 Å². The van der Waals surface area contributed by atoms with Crippen molar-refractivity contribution >= 4 is 34.1 Å². The third-order valence-corrected chi connectivity index (χ3v) is 7.34. The fourth-order valence-corrected chi connectivity index (χ4v) is 5.06. The SMILES string of the molecule is CCC=C(CCC(C)C)c1ccc(CSc2ccc(C(=O)c3cc4cccc(C)c4o3)cc2)cc1. The summed E-state index contributed by atoms with van der Waals surface area (Å²) in [6, 6.07) is 24.6. The maximum absolute atomic E-state index is 12.9. The molecule has 0 saturated heterocycles. The average Bonchev–Trinajstić information content (AvgIpc) is 3.31. The van der Waals surface area contributed by atoms with Crippen LogP contribution in [0.1, 0.15) is 72.8 Å². The Balaban J connectivity index is 1.37. The molecule has 0 unspecified atom stereocenters. The molecule has 4 aromatic rings. The molecule has 0 fully saturated rings. The lowest BCUT2D eigenvalue weighted by Crippen LogP contribution is -1.99. The van der Waals surface area contributed by atoms with Crippen LogP contribution < -0.4 is 0 Å². The van der Waals surface area contributed by atoms with Gasteiger partial charge in [0.05, 0.1) is 0 Å². The lowest BCUT2D eigenvalue weighted by molar-refractivity contribution is 0.101. The maximum Gasteiger partial charge on any atom is 0.228 e. The van der Waals surface area contributed by atoms with E-state index in [0.717, 1.165) is 45.9 Å². The van der Waals surface area contributed by atoms with Crippen LogP contribution in [0.4, 0.5) is 0 Å². The number of thioether (sulfide) groups is 1. The second-order valence-electron chi connectivity index (χ2n) is 9.51. The largest absolute Gasteiger partial charge is 0.452 e. The van der Waals surface area contributed by atoms with Crippen molar-refractivity contribution in [2.24, 2.45) is 5.92 Å². The van der Waals surface area contributed by atoms with Crippen molar-refractivity contribution in [1.82, 2.24) is 0 Å². The van der Waals surface area contributed by atoms with Crippen LogP contribution in [0, 0.1) is 12.8 Å². The number of carbonyl (C=O) groups is 1. The smallest absolute Gasteiger partial charge is 0.228 e. The van der Waals surface area contributed by atoms with Crippen LogP contribution in [0.5, 0.6) is 0 Å². The fourth-order valence-electron chi connectivity index (χ4n) is 4.20. The Morgan fingerprint density at radius 3 is 2.34 bits per heavy atom. The molecule has 0 N–H and O–H groups in total. The van der Waals surface area contributed by atoms with Crippen molar-refractivity contribution in [3.63, 3.8) is 0 Å². The molecule has 4 rings (SSSR count). The highest BCUT2D eigenvalue weighted by molar-refractivity contribution is 7.98. The van der Waals surface area contributed by atoms with E-state index in [1.54, 1.807) is 11.8 Å². The number of carbonyl (C=O) groups excluding carboxylic acids is 1. The lowest BCUT2D eigenvalue weighted by Gasteiger charge is -2.11. The first-order chi connectivity index (χ1) is 16.9. The molecule has 1 aromatic heterocycles. The van der Waals surface area contributed by atoms with E-state index in [4.69, 9.17) is 4.42 Å². The number of rotatable bonds is 10. The first-order valence-corrected chi connectivity index (χ1v) is 13.5. The van der Waals surface area contributed by atoms with Gasteiger partial charge in [0.2, 0.25) is 5.78 Å². The van der Waals surface area contributed by atoms with Gasteiger partial charge in [0.15, 0.2) is 5.76 Å². The minimum atomic E-state index is -0.0823. The Morgan fingerprint density at radius 2 is 1.69 bits per heavy atom. The van der Waals surface area contributed by atoms with Crippen LogP contribution in [0.3, 0.4) is 0 Å². The highest BCUT2D eigenvalue weighted by Gasteiger charge is 2.15. The maximum atomic E-state index is 12.9. The predicted octanol–water partition coefficient (Wildman–Crippen LogP) is 9.49. The zero-order valence-electron chi connectivity index (χ0n) is 21.1. The van der Waals surface area contributed by atoms with Gasteiger partial charge in [-0.25, -0.2) is 0 Å². The number of fused-ring (bicyclic) bond motifs is 1. The van der Waals surface area contributed by atoms with E-state index < -0.39 is 0 Å². The van der Waals surface area contributed by atoms with E-state index in [9.17, 15) is 4.79 Å². The van der Waals surface area contributed by atoms with Crippen molar-refractivity contribution in [3.8, 4) is 0 Å². The first-order valence-electron chi connectivity index (χ1n) is 12.5. The number of aryl methyl sites for hydroxylation is 1. The van der Waals surface area contributed by atoms with Gasteiger partial charge in [-0.3, -0.25) is 4.79 Å². The molecule has 0 atom stereocenters. The van der Waals surface area contributed by atoms with Gasteiger partial charge in [0, 0.05) is 21.6 Å². The van der Waals surface area contributed by atoms with Crippen molar-refractivity contribution < 1.29 is 9.21 Å². The molecule has 180 valence electrons. The van der Waals surface area contributed by atoms with Crippen LogP contribution >= 0.6 is 11.8 Å². The van der Waals surface area contributed by atoms with Gasteiger partial charge in [-0.1, -0.05) is 69.3 Å². The monoisotopic (exact) mass is 482 g/mol. The van der Waals surface area contributed by atoms with Crippen LogP contribution in [-0.4, -0.2) is 5.78 Å². The number of hydrogen-bond acceptors (Lipinski definition) is 3. The second-order valence-corrected chi connectivity index (χ2v) is 10.6. The quantitative estimate of drug-likeness (QED) is 0.166. The average molecular weight is 483 g/mol. The van der Waals surface area contributed by atoms with Gasteiger partial charge >= 0.3 is 0 Å². The molecule has 0 amide bonds. The van der Waals surface area contributed by atoms with E-state index in [1.165, 1.54) is 23.1 Å². The summed E-state index contributed by atoms with van der Waals surface area (Å²) in [7, 11) is 0. The molecular formula is C32H34O2S. The summed E-state index contributed by atoms with van der Waals surface area (Å²) < 4.78 is 5.86. The zero-order valence-corrected chi connectivity index (χ0v) is 22.0. The Hall–Kier alpha value is -3.04. The fraction of sp³-hybridized carbons (Fsp3) is 0.281. The molecule has 35 heavy (non-hydrogen) atoms. The summed E-state index contributed by atoms with van der Waals surface area (Å²) >= 11 is 1.78. The minimum absolute atomic E-state index is 0.0823. The summed E-state index contributed by atoms with van der Waals surface area (Å²) in [5.74, 6) is 1.92. The van der Waals surface area contributed by atoms with Gasteiger partial charge in [-0.2, -0.15) is 0 Å². The summed E-state index contributed by atoms with van der Waals surface area (Å²) in [6.45, 7) is 8.77. The van der Waals surface area contributed by atoms with Crippen molar-refractivity contribution in [3.05, 3.63) is 107 Å². The first kappa shape index (κ1) is 25.1. The van der Waals surface area contributed by atoms with Crippen LogP contribution in [-0.2, 0) is 5.75 Å². The molecule has 0 radical (unpaired) electrons. The Labute approximate surface area is 213 Å². The normalized spacial score (nSPS) is 12.0. The number of hydrogen-bond donors (Lipinski definition) is 0. The van der Waals surface area contributed by atoms with E-state index in [1.807, 2.05) is 55.5 Å². The molecule has 0 saturated carbocycles. The topological polar surface area (TPSA) is 30.2 Å². The highest BCUT2D eigenvalue weighted by atomic mass is 32.2. The number of benzene rings is 3. The van der Waals surface area contributed by atoms with Gasteiger partial charge < -0.3 is 4.42 Å². The van der Waals surface area contributed by atoms with Crippen molar-refractivity contribution in [1.29, 1.82) is 0 Å². The van der Waals surface area contributed by atoms with Gasteiger partial charge in [-0.05, 0) is 84.7 Å². The summed E-state index contributed by atoms with van der Waals surface area (Å²) in [5.41, 5.74) is 6.56. The van der Waals surface area contributed by atoms with E-state index >= 15 is 0 Å². The molecule has 3 heteroatoms. The second kappa shape index (κ2) is 11.6. The molecule has 3 aromatic carbocycles. The highest BCUT2D eigenvalue weighted by Crippen LogP contribution is 2.28. The third-order valence-electron chi connectivity index (χ3n) is 6.25. The molecule has 0 aliphatic heterocycles. The molecule has 0 aliphatic rings. The van der Waals surface area contributed by atoms with Crippen LogP contribution in [0.25, 0.3) is 16.5 Å². The molecular weight excluding hydrogens is 448 g/mol. The molecule has 2 nitrogen and oxygen atoms in total. The zero-order chi connectivity index (χ0) is 24.8. The number of allylic oxidation sites excluding steroid dienone is 2. The molecule has 1 heterocycles. The van der Waals surface area contributed by atoms with Crippen LogP contribution in [0.15, 0.2) is 88.2 Å². The van der Waals surface area contributed by atoms with E-state index in [0.29, 0.717) is 11.3 Å². The summed E-state index contributed by atoms with van der Waals surface area (Å²) in [4.78, 5) is 14.1. The minimum Gasteiger partial charge on any atom is -0.452 e. The Bertz CT molecular complexity index is 1310. The lowest BCUT2D eigenvalue weighted by atomic mass is 9.96. The Morgan fingerprint density at radius 1 is 0.971 bits per heavy atom. The predicted molar refractivity (Wildman–Crippen MR) is 149 cm³/mol. The van der Waals surface area contributed by atoms with Gasteiger partial charge in [0.1, 0.15) is 5.58 Å².